The molecule has 4 nitrogen and oxygen atoms in total. The molecule has 0 spiro atoms. The van der Waals surface area contributed by atoms with Crippen molar-refractivity contribution < 1.29 is 35.5 Å². The van der Waals surface area contributed by atoms with Crippen molar-refractivity contribution in [3.05, 3.63) is 125 Å². The average molecular weight is 601 g/mol. The van der Waals surface area contributed by atoms with Crippen LogP contribution >= 0.6 is 0 Å². The highest BCUT2D eigenvalue weighted by molar-refractivity contribution is 5.36. The van der Waals surface area contributed by atoms with Crippen molar-refractivity contribution in [2.75, 3.05) is 0 Å². The summed E-state index contributed by atoms with van der Waals surface area (Å²) in [4.78, 5) is 7.03. The van der Waals surface area contributed by atoms with E-state index in [4.69, 9.17) is 9.15 Å². The van der Waals surface area contributed by atoms with Gasteiger partial charge >= 0.3 is 12.4 Å². The van der Waals surface area contributed by atoms with Gasteiger partial charge in [-0.3, -0.25) is 4.90 Å². The number of benzene rings is 3. The van der Waals surface area contributed by atoms with E-state index in [9.17, 15) is 26.3 Å². The molecule has 43 heavy (non-hydrogen) atoms. The van der Waals surface area contributed by atoms with Gasteiger partial charge in [0.1, 0.15) is 6.26 Å². The van der Waals surface area contributed by atoms with Crippen LogP contribution in [-0.4, -0.2) is 22.0 Å². The molecule has 3 heterocycles. The van der Waals surface area contributed by atoms with E-state index in [-0.39, 0.29) is 23.6 Å². The van der Waals surface area contributed by atoms with Crippen LogP contribution in [-0.2, 0) is 35.8 Å². The normalized spacial score (nSPS) is 24.4. The third-order valence-electron chi connectivity index (χ3n) is 8.69. The summed E-state index contributed by atoms with van der Waals surface area (Å²) in [5, 5.41) is 0. The van der Waals surface area contributed by atoms with Gasteiger partial charge in [-0.25, -0.2) is 4.98 Å². The zero-order valence-electron chi connectivity index (χ0n) is 23.3. The van der Waals surface area contributed by atoms with Crippen LogP contribution < -0.4 is 0 Å². The molecular formula is C33H30F6N2O2. The Hall–Kier alpha value is -3.63. The number of piperidine rings is 1. The third-order valence-corrected chi connectivity index (χ3v) is 8.69. The van der Waals surface area contributed by atoms with Crippen LogP contribution in [0.5, 0.6) is 0 Å². The van der Waals surface area contributed by atoms with Crippen LogP contribution in [0.1, 0.15) is 64.6 Å². The molecule has 0 saturated carbocycles. The molecule has 2 aliphatic rings. The van der Waals surface area contributed by atoms with E-state index in [1.165, 1.54) is 0 Å². The summed E-state index contributed by atoms with van der Waals surface area (Å²) in [6.07, 6.45) is -6.96. The van der Waals surface area contributed by atoms with Gasteiger partial charge in [0.15, 0.2) is 5.89 Å². The summed E-state index contributed by atoms with van der Waals surface area (Å²) < 4.78 is 93.7. The van der Waals surface area contributed by atoms with Gasteiger partial charge in [0, 0.05) is 12.6 Å². The Morgan fingerprint density at radius 2 is 1.49 bits per heavy atom. The second kappa shape index (κ2) is 11.1. The third kappa shape index (κ3) is 5.70. The van der Waals surface area contributed by atoms with Gasteiger partial charge in [-0.2, -0.15) is 26.3 Å². The van der Waals surface area contributed by atoms with E-state index in [0.717, 1.165) is 29.0 Å². The van der Waals surface area contributed by atoms with Crippen molar-refractivity contribution in [2.45, 2.75) is 75.3 Å². The van der Waals surface area contributed by atoms with Gasteiger partial charge in [-0.05, 0) is 61.1 Å². The molecule has 0 radical (unpaired) electrons. The first-order valence-electron chi connectivity index (χ1n) is 14.1. The maximum Gasteiger partial charge on any atom is 0.416 e. The lowest BCUT2D eigenvalue weighted by atomic mass is 9.78. The van der Waals surface area contributed by atoms with Gasteiger partial charge in [-0.15, -0.1) is 0 Å². The average Bonchev–Trinajstić information content (AvgIpc) is 3.49. The summed E-state index contributed by atoms with van der Waals surface area (Å²) in [6, 6.07) is 21.4. The maximum atomic E-state index is 13.6. The minimum absolute atomic E-state index is 0.0312. The summed E-state index contributed by atoms with van der Waals surface area (Å²) in [5.41, 5.74) is -0.822. The predicted octanol–water partition coefficient (Wildman–Crippen LogP) is 8.65. The largest absolute Gasteiger partial charge is 0.448 e. The lowest BCUT2D eigenvalue weighted by molar-refractivity contribution is -0.143. The molecule has 1 aromatic heterocycles. The van der Waals surface area contributed by atoms with Gasteiger partial charge in [-0.1, -0.05) is 60.7 Å². The van der Waals surface area contributed by atoms with Crippen molar-refractivity contribution in [1.82, 2.24) is 9.88 Å². The number of aromatic nitrogens is 1. The van der Waals surface area contributed by atoms with E-state index in [1.54, 1.807) is 6.26 Å². The molecule has 0 aliphatic carbocycles. The smallest absolute Gasteiger partial charge is 0.416 e. The molecule has 1 unspecified atom stereocenters. The van der Waals surface area contributed by atoms with Crippen molar-refractivity contribution in [3.8, 4) is 0 Å². The predicted molar refractivity (Wildman–Crippen MR) is 147 cm³/mol. The number of nitrogens with zero attached hydrogens (tertiary/aromatic N) is 2. The Labute approximate surface area is 245 Å². The van der Waals surface area contributed by atoms with Crippen LogP contribution in [0.3, 0.4) is 0 Å². The van der Waals surface area contributed by atoms with Gasteiger partial charge in [0.05, 0.1) is 41.0 Å². The first-order valence-corrected chi connectivity index (χ1v) is 14.1. The quantitative estimate of drug-likeness (QED) is 0.199. The standard InChI is InChI=1S/C33H30F6N2O2/c1-21-19-43-30(40-21)27-17-31(24-10-6-3-7-11-24)29(13-12-28(27)41(31)18-22-8-4-2-5-9-22)42-20-23-14-25(32(34,35)36)16-26(15-23)33(37,38)39/h2-11,14-16,19,27-29H,12-13,17-18,20H2,1H3/t27-,28+,29?,31-/m1/s1. The maximum absolute atomic E-state index is 13.6. The highest BCUT2D eigenvalue weighted by atomic mass is 19.4. The van der Waals surface area contributed by atoms with E-state index in [2.05, 4.69) is 9.88 Å². The highest BCUT2D eigenvalue weighted by Crippen LogP contribution is 2.57. The summed E-state index contributed by atoms with van der Waals surface area (Å²) in [5.74, 6) is 0.531. The molecule has 2 aliphatic heterocycles. The van der Waals surface area contributed by atoms with Crippen molar-refractivity contribution in [2.24, 2.45) is 0 Å². The molecule has 2 bridgehead atoms. The van der Waals surface area contributed by atoms with Crippen LogP contribution in [0.2, 0.25) is 0 Å². The van der Waals surface area contributed by atoms with E-state index in [1.807, 2.05) is 67.6 Å². The second-order valence-corrected chi connectivity index (χ2v) is 11.4. The number of rotatable bonds is 7. The molecule has 226 valence electrons. The number of oxazole rings is 1. The number of aryl methyl sites for hydroxylation is 1. The molecule has 10 heteroatoms. The molecule has 2 fully saturated rings. The number of alkyl halides is 6. The molecule has 0 amide bonds. The molecule has 3 aromatic carbocycles. The van der Waals surface area contributed by atoms with Gasteiger partial charge < -0.3 is 9.15 Å². The molecule has 0 N–H and O–H groups in total. The minimum atomic E-state index is -4.93. The molecule has 4 aromatic rings. The van der Waals surface area contributed by atoms with E-state index in [0.29, 0.717) is 31.7 Å². The fraction of sp³-hybridized carbons (Fsp3) is 0.364. The lowest BCUT2D eigenvalue weighted by Crippen LogP contribution is -2.56. The van der Waals surface area contributed by atoms with Crippen LogP contribution in [0.15, 0.2) is 89.5 Å². The first kappa shape index (κ1) is 29.4. The minimum Gasteiger partial charge on any atom is -0.448 e. The topological polar surface area (TPSA) is 38.5 Å². The van der Waals surface area contributed by atoms with Crippen LogP contribution in [0.25, 0.3) is 0 Å². The Morgan fingerprint density at radius 1 is 0.860 bits per heavy atom. The molecule has 6 rings (SSSR count). The Bertz CT molecular complexity index is 1520. The van der Waals surface area contributed by atoms with E-state index < -0.39 is 41.7 Å². The van der Waals surface area contributed by atoms with Crippen molar-refractivity contribution in [1.29, 1.82) is 0 Å². The number of ether oxygens (including phenoxy) is 1. The van der Waals surface area contributed by atoms with E-state index >= 15 is 0 Å². The molecular weight excluding hydrogens is 570 g/mol. The number of hydrogen-bond acceptors (Lipinski definition) is 4. The van der Waals surface area contributed by atoms with Gasteiger partial charge in [0.25, 0.3) is 0 Å². The Morgan fingerprint density at radius 3 is 2.07 bits per heavy atom. The van der Waals surface area contributed by atoms with Crippen molar-refractivity contribution in [3.63, 3.8) is 0 Å². The fourth-order valence-electron chi connectivity index (χ4n) is 6.89. The Balaban J connectivity index is 1.41. The summed E-state index contributed by atoms with van der Waals surface area (Å²) in [7, 11) is 0. The second-order valence-electron chi connectivity index (χ2n) is 11.4. The Kier molecular flexibility index (Phi) is 7.62. The summed E-state index contributed by atoms with van der Waals surface area (Å²) in [6.45, 7) is 2.02. The first-order chi connectivity index (χ1) is 20.4. The monoisotopic (exact) mass is 600 g/mol. The zero-order valence-corrected chi connectivity index (χ0v) is 23.3. The SMILES string of the molecule is Cc1coc([C@@H]2C[C@@]3(c4ccccc4)C(OCc4cc(C(F)(F)F)cc(C(F)(F)F)c4)CC[C@@H]2N3Cc2ccccc2)n1. The fourth-order valence-corrected chi connectivity index (χ4v) is 6.89. The molecule has 2 saturated heterocycles. The van der Waals surface area contributed by atoms with Crippen LogP contribution in [0, 0.1) is 6.92 Å². The number of hydrogen-bond donors (Lipinski definition) is 0. The summed E-state index contributed by atoms with van der Waals surface area (Å²) >= 11 is 0. The number of halogens is 6. The molecule has 4 atom stereocenters. The zero-order chi connectivity index (χ0) is 30.4. The van der Waals surface area contributed by atoms with Gasteiger partial charge in [0.2, 0.25) is 0 Å². The lowest BCUT2D eigenvalue weighted by Gasteiger charge is -2.50. The highest BCUT2D eigenvalue weighted by Gasteiger charge is 2.61. The number of fused-ring (bicyclic) bond motifs is 2. The van der Waals surface area contributed by atoms with Crippen LogP contribution in [0.4, 0.5) is 26.3 Å². The van der Waals surface area contributed by atoms with Crippen molar-refractivity contribution >= 4 is 0 Å².